The second-order valence-corrected chi connectivity index (χ2v) is 7.21. The van der Waals surface area contributed by atoms with E-state index in [2.05, 4.69) is 14.5 Å². The zero-order valence-corrected chi connectivity index (χ0v) is 15.6. The normalized spacial score (nSPS) is 17.4. The standard InChI is InChI=1S/C21H29N3O2/c1-17-22-13-16-23(17)14-4-6-21(26)24-15-3-2-5-19(24)10-7-18-8-11-20(25)12-9-18/h8-9,11-13,16,19,25H,2-7,10,14-15H2,1H3. The number of hydrogen-bond acceptors (Lipinski definition) is 3. The summed E-state index contributed by atoms with van der Waals surface area (Å²) in [5, 5.41) is 9.40. The fourth-order valence-corrected chi connectivity index (χ4v) is 3.81. The first-order valence-corrected chi connectivity index (χ1v) is 9.68. The molecule has 0 radical (unpaired) electrons. The molecule has 1 amide bonds. The van der Waals surface area contributed by atoms with Crippen molar-refractivity contribution >= 4 is 5.91 Å². The van der Waals surface area contributed by atoms with Gasteiger partial charge in [-0.3, -0.25) is 4.79 Å². The summed E-state index contributed by atoms with van der Waals surface area (Å²) >= 11 is 0. The molecule has 1 aromatic heterocycles. The molecule has 1 aliphatic heterocycles. The smallest absolute Gasteiger partial charge is 0.222 e. The van der Waals surface area contributed by atoms with Gasteiger partial charge in [-0.05, 0) is 63.1 Å². The summed E-state index contributed by atoms with van der Waals surface area (Å²) in [7, 11) is 0. The summed E-state index contributed by atoms with van der Waals surface area (Å²) in [6, 6.07) is 7.75. The number of hydrogen-bond donors (Lipinski definition) is 1. The fraction of sp³-hybridized carbons (Fsp3) is 0.524. The minimum atomic E-state index is 0.290. The molecule has 1 N–H and O–H groups in total. The Labute approximate surface area is 155 Å². The molecule has 1 unspecified atom stereocenters. The molecular weight excluding hydrogens is 326 g/mol. The Morgan fingerprint density at radius 2 is 2.08 bits per heavy atom. The van der Waals surface area contributed by atoms with E-state index in [0.29, 0.717) is 18.2 Å². The SMILES string of the molecule is Cc1nccn1CCCC(=O)N1CCCCC1CCc1ccc(O)cc1. The average Bonchev–Trinajstić information content (AvgIpc) is 3.06. The van der Waals surface area contributed by atoms with Crippen molar-refractivity contribution in [2.24, 2.45) is 0 Å². The number of phenols is 1. The van der Waals surface area contributed by atoms with Crippen LogP contribution in [0.5, 0.6) is 5.75 Å². The highest BCUT2D eigenvalue weighted by Crippen LogP contribution is 2.23. The van der Waals surface area contributed by atoms with Crippen molar-refractivity contribution in [2.75, 3.05) is 6.54 Å². The van der Waals surface area contributed by atoms with Gasteiger partial charge in [0.1, 0.15) is 11.6 Å². The number of likely N-dealkylation sites (tertiary alicyclic amines) is 1. The van der Waals surface area contributed by atoms with Gasteiger partial charge in [-0.1, -0.05) is 12.1 Å². The lowest BCUT2D eigenvalue weighted by Crippen LogP contribution is -2.44. The van der Waals surface area contributed by atoms with Crippen LogP contribution >= 0.6 is 0 Å². The number of carbonyl (C=O) groups excluding carboxylic acids is 1. The van der Waals surface area contributed by atoms with Gasteiger partial charge in [0.25, 0.3) is 0 Å². The highest BCUT2D eigenvalue weighted by atomic mass is 16.3. The first kappa shape index (κ1) is 18.5. The van der Waals surface area contributed by atoms with Crippen LogP contribution in [0.15, 0.2) is 36.7 Å². The molecule has 140 valence electrons. The molecule has 1 aromatic carbocycles. The molecule has 5 nitrogen and oxygen atoms in total. The van der Waals surface area contributed by atoms with Gasteiger partial charge in [-0.15, -0.1) is 0 Å². The molecule has 2 aromatic rings. The molecule has 5 heteroatoms. The molecule has 0 saturated carbocycles. The van der Waals surface area contributed by atoms with E-state index in [-0.39, 0.29) is 5.91 Å². The molecule has 2 heterocycles. The maximum atomic E-state index is 12.7. The predicted molar refractivity (Wildman–Crippen MR) is 102 cm³/mol. The summed E-state index contributed by atoms with van der Waals surface area (Å²) in [4.78, 5) is 19.1. The third-order valence-corrected chi connectivity index (χ3v) is 5.36. The molecule has 1 aliphatic rings. The van der Waals surface area contributed by atoms with Crippen LogP contribution in [0.25, 0.3) is 0 Å². The molecule has 26 heavy (non-hydrogen) atoms. The van der Waals surface area contributed by atoms with Crippen molar-refractivity contribution < 1.29 is 9.90 Å². The van der Waals surface area contributed by atoms with Gasteiger partial charge in [-0.25, -0.2) is 4.98 Å². The van der Waals surface area contributed by atoms with E-state index in [1.165, 1.54) is 12.0 Å². The summed E-state index contributed by atoms with van der Waals surface area (Å²) in [6.07, 6.45) is 10.6. The fourth-order valence-electron chi connectivity index (χ4n) is 3.81. The van der Waals surface area contributed by atoms with Crippen molar-refractivity contribution in [3.8, 4) is 5.75 Å². The first-order valence-electron chi connectivity index (χ1n) is 9.68. The molecule has 0 aliphatic carbocycles. The van der Waals surface area contributed by atoms with Crippen molar-refractivity contribution in [1.29, 1.82) is 0 Å². The van der Waals surface area contributed by atoms with Crippen LogP contribution in [0.4, 0.5) is 0 Å². The van der Waals surface area contributed by atoms with Crippen molar-refractivity contribution in [3.63, 3.8) is 0 Å². The summed E-state index contributed by atoms with van der Waals surface area (Å²) in [5.41, 5.74) is 1.22. The van der Waals surface area contributed by atoms with Gasteiger partial charge in [0.2, 0.25) is 5.91 Å². The Balaban J connectivity index is 1.49. The molecule has 1 fully saturated rings. The number of rotatable bonds is 7. The van der Waals surface area contributed by atoms with Gasteiger partial charge >= 0.3 is 0 Å². The summed E-state index contributed by atoms with van der Waals surface area (Å²) < 4.78 is 2.10. The number of aromatic nitrogens is 2. The highest BCUT2D eigenvalue weighted by Gasteiger charge is 2.25. The van der Waals surface area contributed by atoms with Crippen LogP contribution in [0.2, 0.25) is 0 Å². The van der Waals surface area contributed by atoms with E-state index < -0.39 is 0 Å². The van der Waals surface area contributed by atoms with Gasteiger partial charge in [0.05, 0.1) is 0 Å². The van der Waals surface area contributed by atoms with Gasteiger partial charge < -0.3 is 14.6 Å². The third-order valence-electron chi connectivity index (χ3n) is 5.36. The Kier molecular flexibility index (Phi) is 6.31. The van der Waals surface area contributed by atoms with Gasteiger partial charge in [0, 0.05) is 37.9 Å². The third kappa shape index (κ3) is 4.87. The Morgan fingerprint density at radius 1 is 1.27 bits per heavy atom. The lowest BCUT2D eigenvalue weighted by Gasteiger charge is -2.36. The zero-order valence-electron chi connectivity index (χ0n) is 15.6. The number of carbonyl (C=O) groups is 1. The zero-order chi connectivity index (χ0) is 18.4. The molecule has 0 bridgehead atoms. The van der Waals surface area contributed by atoms with Crippen molar-refractivity contribution in [2.45, 2.75) is 64.5 Å². The van der Waals surface area contributed by atoms with Crippen LogP contribution in [0, 0.1) is 6.92 Å². The monoisotopic (exact) mass is 355 g/mol. The minimum absolute atomic E-state index is 0.290. The van der Waals surface area contributed by atoms with Crippen LogP contribution in [0.3, 0.4) is 0 Å². The quantitative estimate of drug-likeness (QED) is 0.824. The number of amides is 1. The molecular formula is C21H29N3O2. The molecule has 1 saturated heterocycles. The average molecular weight is 355 g/mol. The Morgan fingerprint density at radius 3 is 2.81 bits per heavy atom. The largest absolute Gasteiger partial charge is 0.508 e. The number of nitrogens with zero attached hydrogens (tertiary/aromatic N) is 3. The number of aryl methyl sites for hydroxylation is 3. The lowest BCUT2D eigenvalue weighted by molar-refractivity contribution is -0.135. The number of imidazole rings is 1. The maximum Gasteiger partial charge on any atom is 0.222 e. The van der Waals surface area contributed by atoms with Crippen LogP contribution < -0.4 is 0 Å². The van der Waals surface area contributed by atoms with Gasteiger partial charge in [0.15, 0.2) is 0 Å². The predicted octanol–water partition coefficient (Wildman–Crippen LogP) is 3.69. The number of phenolic OH excluding ortho intramolecular Hbond substituents is 1. The number of piperidine rings is 1. The van der Waals surface area contributed by atoms with E-state index in [9.17, 15) is 9.90 Å². The Bertz CT molecular complexity index is 708. The number of aromatic hydroxyl groups is 1. The minimum Gasteiger partial charge on any atom is -0.508 e. The van der Waals surface area contributed by atoms with Crippen LogP contribution in [0.1, 0.15) is 49.9 Å². The maximum absolute atomic E-state index is 12.7. The molecule has 3 rings (SSSR count). The highest BCUT2D eigenvalue weighted by molar-refractivity contribution is 5.76. The van der Waals surface area contributed by atoms with E-state index in [0.717, 1.165) is 51.0 Å². The summed E-state index contributed by atoms with van der Waals surface area (Å²) in [5.74, 6) is 1.59. The van der Waals surface area contributed by atoms with Crippen molar-refractivity contribution in [3.05, 3.63) is 48.0 Å². The topological polar surface area (TPSA) is 58.4 Å². The number of benzene rings is 1. The van der Waals surface area contributed by atoms with Crippen LogP contribution in [-0.2, 0) is 17.8 Å². The second-order valence-electron chi connectivity index (χ2n) is 7.21. The van der Waals surface area contributed by atoms with E-state index in [1.54, 1.807) is 18.3 Å². The van der Waals surface area contributed by atoms with Crippen molar-refractivity contribution in [1.82, 2.24) is 14.5 Å². The van der Waals surface area contributed by atoms with Crippen LogP contribution in [-0.4, -0.2) is 38.1 Å². The molecule has 0 spiro atoms. The Hall–Kier alpha value is -2.30. The molecule has 1 atom stereocenters. The van der Waals surface area contributed by atoms with E-state index in [1.807, 2.05) is 25.3 Å². The second kappa shape index (κ2) is 8.88. The summed E-state index contributed by atoms with van der Waals surface area (Å²) in [6.45, 7) is 3.73. The van der Waals surface area contributed by atoms with E-state index in [4.69, 9.17) is 0 Å². The van der Waals surface area contributed by atoms with E-state index >= 15 is 0 Å². The first-order chi connectivity index (χ1) is 12.6. The van der Waals surface area contributed by atoms with Gasteiger partial charge in [-0.2, -0.15) is 0 Å². The lowest BCUT2D eigenvalue weighted by atomic mass is 9.95.